The smallest absolute Gasteiger partial charge is 0.229 e. The number of halogens is 2. The molecule has 1 aliphatic carbocycles. The number of carbonyl (C=O) groups excluding carboxylic acids is 1. The molecule has 0 saturated heterocycles. The highest BCUT2D eigenvalue weighted by molar-refractivity contribution is 5.92. The van der Waals surface area contributed by atoms with Crippen molar-refractivity contribution in [2.24, 2.45) is 5.92 Å². The van der Waals surface area contributed by atoms with Crippen LogP contribution in [-0.2, 0) is 17.6 Å². The zero-order valence-electron chi connectivity index (χ0n) is 18.5. The largest absolute Gasteiger partial charge is 0.399 e. The molecule has 172 valence electrons. The third-order valence-electron chi connectivity index (χ3n) is 6.17. The standard InChI is InChI=1S/C26H28F2N4O/c27-21-12-6-18(14-22(21)28)15-25(33)32-26-23(13-7-17-4-2-1-3-5-17)31-24(16-30-26)19-8-10-20(29)11-9-19/h6,8-12,14,16-17H,1-5,7,13,15,29H2,(H,30,32,33). The van der Waals surface area contributed by atoms with Crippen LogP contribution in [0.4, 0.5) is 20.3 Å². The van der Waals surface area contributed by atoms with Crippen LogP contribution in [0.3, 0.4) is 0 Å². The zero-order chi connectivity index (χ0) is 23.2. The summed E-state index contributed by atoms with van der Waals surface area (Å²) in [6.07, 6.45) is 9.52. The molecule has 1 fully saturated rings. The van der Waals surface area contributed by atoms with Gasteiger partial charge in [-0.2, -0.15) is 0 Å². The Hall–Kier alpha value is -3.35. The minimum atomic E-state index is -0.971. The Morgan fingerprint density at radius 1 is 1.03 bits per heavy atom. The Morgan fingerprint density at radius 2 is 1.79 bits per heavy atom. The van der Waals surface area contributed by atoms with Gasteiger partial charge in [0.05, 0.1) is 24.0 Å². The van der Waals surface area contributed by atoms with Crippen molar-refractivity contribution >= 4 is 17.4 Å². The van der Waals surface area contributed by atoms with Gasteiger partial charge in [0.1, 0.15) is 0 Å². The quantitative estimate of drug-likeness (QED) is 0.453. The van der Waals surface area contributed by atoms with E-state index in [1.165, 1.54) is 38.2 Å². The summed E-state index contributed by atoms with van der Waals surface area (Å²) in [5, 5.41) is 2.82. The Kier molecular flexibility index (Phi) is 7.27. The summed E-state index contributed by atoms with van der Waals surface area (Å²) in [6, 6.07) is 10.9. The molecule has 7 heteroatoms. The van der Waals surface area contributed by atoms with Crippen molar-refractivity contribution in [3.05, 3.63) is 71.6 Å². The molecule has 1 aromatic heterocycles. The molecule has 33 heavy (non-hydrogen) atoms. The van der Waals surface area contributed by atoms with E-state index in [2.05, 4.69) is 10.3 Å². The van der Waals surface area contributed by atoms with E-state index in [9.17, 15) is 13.6 Å². The second kappa shape index (κ2) is 10.5. The summed E-state index contributed by atoms with van der Waals surface area (Å²) < 4.78 is 26.7. The topological polar surface area (TPSA) is 80.9 Å². The van der Waals surface area contributed by atoms with Crippen molar-refractivity contribution in [3.63, 3.8) is 0 Å². The Morgan fingerprint density at radius 3 is 2.52 bits per heavy atom. The number of hydrogen-bond acceptors (Lipinski definition) is 4. The number of benzene rings is 2. The molecule has 0 unspecified atom stereocenters. The number of nitrogens with zero attached hydrogens (tertiary/aromatic N) is 2. The van der Waals surface area contributed by atoms with Crippen molar-refractivity contribution in [1.82, 2.24) is 9.97 Å². The van der Waals surface area contributed by atoms with Crippen LogP contribution in [0.2, 0.25) is 0 Å². The predicted octanol–water partition coefficient (Wildman–Crippen LogP) is 5.70. The van der Waals surface area contributed by atoms with Crippen molar-refractivity contribution in [1.29, 1.82) is 0 Å². The van der Waals surface area contributed by atoms with Crippen molar-refractivity contribution in [3.8, 4) is 11.3 Å². The molecule has 0 aliphatic heterocycles. The minimum absolute atomic E-state index is 0.0827. The molecule has 0 bridgehead atoms. The maximum atomic E-state index is 13.5. The second-order valence-electron chi connectivity index (χ2n) is 8.69. The zero-order valence-corrected chi connectivity index (χ0v) is 18.5. The average molecular weight is 451 g/mol. The van der Waals surface area contributed by atoms with Gasteiger partial charge in [-0.05, 0) is 48.6 Å². The van der Waals surface area contributed by atoms with Gasteiger partial charge in [0, 0.05) is 11.3 Å². The molecule has 5 nitrogen and oxygen atoms in total. The van der Waals surface area contributed by atoms with E-state index < -0.39 is 11.6 Å². The van der Waals surface area contributed by atoms with Gasteiger partial charge in [0.25, 0.3) is 0 Å². The first-order chi connectivity index (χ1) is 16.0. The minimum Gasteiger partial charge on any atom is -0.399 e. The monoisotopic (exact) mass is 450 g/mol. The van der Waals surface area contributed by atoms with Gasteiger partial charge >= 0.3 is 0 Å². The number of nitrogen functional groups attached to an aromatic ring is 1. The highest BCUT2D eigenvalue weighted by atomic mass is 19.2. The van der Waals surface area contributed by atoms with Gasteiger partial charge in [-0.3, -0.25) is 4.79 Å². The van der Waals surface area contributed by atoms with Crippen LogP contribution in [0.25, 0.3) is 11.3 Å². The van der Waals surface area contributed by atoms with Crippen LogP contribution in [-0.4, -0.2) is 15.9 Å². The number of rotatable bonds is 7. The summed E-state index contributed by atoms with van der Waals surface area (Å²) in [5.41, 5.74) is 9.20. The van der Waals surface area contributed by atoms with E-state index in [0.29, 0.717) is 35.1 Å². The number of hydrogen-bond donors (Lipinski definition) is 2. The average Bonchev–Trinajstić information content (AvgIpc) is 2.82. The summed E-state index contributed by atoms with van der Waals surface area (Å²) in [4.78, 5) is 21.9. The predicted molar refractivity (Wildman–Crippen MR) is 125 cm³/mol. The lowest BCUT2D eigenvalue weighted by Gasteiger charge is -2.21. The first-order valence-corrected chi connectivity index (χ1v) is 11.4. The van der Waals surface area contributed by atoms with Gasteiger partial charge in [-0.1, -0.05) is 50.3 Å². The third kappa shape index (κ3) is 6.12. The van der Waals surface area contributed by atoms with E-state index in [-0.39, 0.29) is 12.3 Å². The number of aromatic nitrogens is 2. The van der Waals surface area contributed by atoms with E-state index >= 15 is 0 Å². The van der Waals surface area contributed by atoms with Gasteiger partial charge in [-0.15, -0.1) is 0 Å². The lowest BCUT2D eigenvalue weighted by Crippen LogP contribution is -2.18. The number of aryl methyl sites for hydroxylation is 1. The molecular formula is C26H28F2N4O. The van der Waals surface area contributed by atoms with Gasteiger partial charge in [0.15, 0.2) is 17.5 Å². The number of anilines is 2. The lowest BCUT2D eigenvalue weighted by molar-refractivity contribution is -0.115. The maximum Gasteiger partial charge on any atom is 0.229 e. The first-order valence-electron chi connectivity index (χ1n) is 11.4. The summed E-state index contributed by atoms with van der Waals surface area (Å²) in [6.45, 7) is 0. The Balaban J connectivity index is 1.53. The molecule has 1 saturated carbocycles. The molecular weight excluding hydrogens is 422 g/mol. The molecule has 1 heterocycles. The summed E-state index contributed by atoms with van der Waals surface area (Å²) >= 11 is 0. The Labute approximate surface area is 192 Å². The normalized spacial score (nSPS) is 14.2. The molecule has 3 aromatic rings. The fourth-order valence-corrected chi connectivity index (χ4v) is 4.33. The van der Waals surface area contributed by atoms with Crippen molar-refractivity contribution < 1.29 is 13.6 Å². The lowest BCUT2D eigenvalue weighted by atomic mass is 9.86. The van der Waals surface area contributed by atoms with Gasteiger partial charge in [-0.25, -0.2) is 18.7 Å². The first kappa shape index (κ1) is 22.8. The molecule has 0 radical (unpaired) electrons. The number of nitrogens with one attached hydrogen (secondary N) is 1. The molecule has 1 aliphatic rings. The Bertz CT molecular complexity index is 1110. The van der Waals surface area contributed by atoms with E-state index in [4.69, 9.17) is 10.7 Å². The maximum absolute atomic E-state index is 13.5. The highest BCUT2D eigenvalue weighted by Crippen LogP contribution is 2.29. The molecule has 2 aromatic carbocycles. The SMILES string of the molecule is Nc1ccc(-c2cnc(NC(=O)Cc3ccc(F)c(F)c3)c(CCC3CCCCC3)n2)cc1. The van der Waals surface area contributed by atoms with Crippen molar-refractivity contribution in [2.75, 3.05) is 11.1 Å². The van der Waals surface area contributed by atoms with E-state index in [1.807, 2.05) is 24.3 Å². The van der Waals surface area contributed by atoms with Gasteiger partial charge < -0.3 is 11.1 Å². The second-order valence-corrected chi connectivity index (χ2v) is 8.69. The van der Waals surface area contributed by atoms with Crippen LogP contribution >= 0.6 is 0 Å². The third-order valence-corrected chi connectivity index (χ3v) is 6.17. The number of nitrogens with two attached hydrogens (primary N) is 1. The van der Waals surface area contributed by atoms with Crippen LogP contribution in [0.15, 0.2) is 48.7 Å². The number of amides is 1. The van der Waals surface area contributed by atoms with Gasteiger partial charge in [0.2, 0.25) is 5.91 Å². The summed E-state index contributed by atoms with van der Waals surface area (Å²) in [7, 11) is 0. The summed E-state index contributed by atoms with van der Waals surface area (Å²) in [5.74, 6) is -1.19. The van der Waals surface area contributed by atoms with E-state index in [0.717, 1.165) is 29.8 Å². The van der Waals surface area contributed by atoms with Crippen LogP contribution in [0, 0.1) is 17.6 Å². The van der Waals surface area contributed by atoms with Crippen LogP contribution < -0.4 is 11.1 Å². The molecule has 0 atom stereocenters. The van der Waals surface area contributed by atoms with E-state index in [1.54, 1.807) is 6.20 Å². The molecule has 3 N–H and O–H groups in total. The molecule has 1 amide bonds. The highest BCUT2D eigenvalue weighted by Gasteiger charge is 2.17. The van der Waals surface area contributed by atoms with Crippen LogP contribution in [0.5, 0.6) is 0 Å². The van der Waals surface area contributed by atoms with Crippen LogP contribution in [0.1, 0.15) is 49.8 Å². The number of carbonyl (C=O) groups is 1. The van der Waals surface area contributed by atoms with Crippen molar-refractivity contribution in [2.45, 2.75) is 51.4 Å². The molecule has 0 spiro atoms. The fraction of sp³-hybridized carbons (Fsp3) is 0.346. The molecule has 4 rings (SSSR count). The fourth-order valence-electron chi connectivity index (χ4n) is 4.33.